The molecule has 0 saturated carbocycles. The van der Waals surface area contributed by atoms with Gasteiger partial charge in [-0.05, 0) is 24.3 Å². The second-order valence-electron chi connectivity index (χ2n) is 6.59. The third kappa shape index (κ3) is 4.14. The Hall–Kier alpha value is -3.30. The average molecular weight is 461 g/mol. The van der Waals surface area contributed by atoms with E-state index in [1.165, 1.54) is 47.1 Å². The molecule has 11 heteroatoms. The van der Waals surface area contributed by atoms with Crippen molar-refractivity contribution in [3.8, 4) is 28.3 Å². The summed E-state index contributed by atoms with van der Waals surface area (Å²) in [6.45, 7) is 0.0433. The number of nitrogens with zero attached hydrogens (tertiary/aromatic N) is 6. The lowest BCUT2D eigenvalue weighted by Crippen LogP contribution is -2.24. The minimum atomic E-state index is -0.534. The molecule has 31 heavy (non-hydrogen) atoms. The number of pyridine rings is 1. The van der Waals surface area contributed by atoms with E-state index in [0.29, 0.717) is 27.5 Å². The highest BCUT2D eigenvalue weighted by Crippen LogP contribution is 2.28. The van der Waals surface area contributed by atoms with Crippen molar-refractivity contribution >= 4 is 23.2 Å². The summed E-state index contributed by atoms with van der Waals surface area (Å²) in [5.74, 6) is -0.244. The van der Waals surface area contributed by atoms with Gasteiger partial charge in [0.15, 0.2) is 0 Å². The van der Waals surface area contributed by atoms with Crippen LogP contribution in [-0.2, 0) is 13.6 Å². The number of benzene rings is 1. The van der Waals surface area contributed by atoms with Crippen molar-refractivity contribution in [2.75, 3.05) is 7.11 Å². The maximum absolute atomic E-state index is 14.4. The number of hydrogen-bond acceptors (Lipinski definition) is 6. The van der Waals surface area contributed by atoms with Gasteiger partial charge in [-0.1, -0.05) is 28.4 Å². The third-order valence-electron chi connectivity index (χ3n) is 4.63. The van der Waals surface area contributed by atoms with E-state index in [1.54, 1.807) is 19.2 Å². The Morgan fingerprint density at radius 2 is 1.90 bits per heavy atom. The molecule has 3 heterocycles. The first-order valence-electron chi connectivity index (χ1n) is 8.98. The highest BCUT2D eigenvalue weighted by Gasteiger charge is 2.18. The molecule has 1 aromatic carbocycles. The number of rotatable bonds is 5. The van der Waals surface area contributed by atoms with Gasteiger partial charge in [-0.2, -0.15) is 5.10 Å². The van der Waals surface area contributed by atoms with Crippen LogP contribution in [0.25, 0.3) is 22.4 Å². The lowest BCUT2D eigenvalue weighted by Gasteiger charge is -2.09. The quantitative estimate of drug-likeness (QED) is 0.452. The van der Waals surface area contributed by atoms with E-state index in [0.717, 1.165) is 0 Å². The van der Waals surface area contributed by atoms with Crippen LogP contribution in [-0.4, -0.2) is 36.9 Å². The molecule has 0 spiro atoms. The van der Waals surface area contributed by atoms with Crippen LogP contribution in [0.5, 0.6) is 5.88 Å². The van der Waals surface area contributed by atoms with Gasteiger partial charge in [-0.25, -0.2) is 18.7 Å². The SMILES string of the molecule is COc1ncc(-c2cnn(Cc3c(-c4ccc(Cl)cc4F)nnn3C)c(=O)c2)cc1Cl. The molecule has 0 atom stereocenters. The molecule has 0 aliphatic rings. The van der Waals surface area contributed by atoms with E-state index < -0.39 is 5.82 Å². The van der Waals surface area contributed by atoms with Crippen molar-refractivity contribution in [1.29, 1.82) is 0 Å². The first-order chi connectivity index (χ1) is 14.9. The summed E-state index contributed by atoms with van der Waals surface area (Å²) in [6, 6.07) is 7.33. The lowest BCUT2D eigenvalue weighted by atomic mass is 10.1. The van der Waals surface area contributed by atoms with Gasteiger partial charge in [-0.15, -0.1) is 5.10 Å². The van der Waals surface area contributed by atoms with Gasteiger partial charge in [0.05, 0.1) is 25.5 Å². The Kier molecular flexibility index (Phi) is 5.71. The zero-order valence-corrected chi connectivity index (χ0v) is 17.9. The van der Waals surface area contributed by atoms with Crippen molar-refractivity contribution in [1.82, 2.24) is 29.8 Å². The molecule has 0 aliphatic heterocycles. The number of aryl methyl sites for hydroxylation is 1. The second-order valence-corrected chi connectivity index (χ2v) is 7.43. The molecule has 158 valence electrons. The number of hydrogen-bond donors (Lipinski definition) is 0. The summed E-state index contributed by atoms with van der Waals surface area (Å²) in [6.07, 6.45) is 3.06. The van der Waals surface area contributed by atoms with E-state index in [-0.39, 0.29) is 28.6 Å². The predicted octanol–water partition coefficient (Wildman–Crippen LogP) is 3.60. The van der Waals surface area contributed by atoms with Gasteiger partial charge in [-0.3, -0.25) is 4.79 Å². The van der Waals surface area contributed by atoms with Gasteiger partial charge in [0.2, 0.25) is 5.88 Å². The summed E-state index contributed by atoms with van der Waals surface area (Å²) in [5.41, 5.74) is 1.85. The highest BCUT2D eigenvalue weighted by atomic mass is 35.5. The van der Waals surface area contributed by atoms with Gasteiger partial charge in [0, 0.05) is 41.0 Å². The number of aromatic nitrogens is 6. The summed E-state index contributed by atoms with van der Waals surface area (Å²) in [4.78, 5) is 16.8. The van der Waals surface area contributed by atoms with E-state index in [2.05, 4.69) is 20.4 Å². The number of ether oxygens (including phenoxy) is 1. The normalized spacial score (nSPS) is 11.0. The Bertz CT molecular complexity index is 1340. The maximum atomic E-state index is 14.4. The lowest BCUT2D eigenvalue weighted by molar-refractivity contribution is 0.398. The maximum Gasteiger partial charge on any atom is 0.267 e. The largest absolute Gasteiger partial charge is 0.480 e. The highest BCUT2D eigenvalue weighted by molar-refractivity contribution is 6.32. The molecular weight excluding hydrogens is 446 g/mol. The Morgan fingerprint density at radius 3 is 2.58 bits per heavy atom. The van der Waals surface area contributed by atoms with E-state index in [1.807, 2.05) is 0 Å². The average Bonchev–Trinajstić information content (AvgIpc) is 3.09. The molecule has 3 aromatic heterocycles. The third-order valence-corrected chi connectivity index (χ3v) is 5.14. The van der Waals surface area contributed by atoms with Crippen LogP contribution in [0, 0.1) is 5.82 Å². The van der Waals surface area contributed by atoms with Crippen molar-refractivity contribution < 1.29 is 9.13 Å². The van der Waals surface area contributed by atoms with Gasteiger partial charge < -0.3 is 4.74 Å². The van der Waals surface area contributed by atoms with Gasteiger partial charge in [0.1, 0.15) is 16.5 Å². The first-order valence-corrected chi connectivity index (χ1v) is 9.74. The van der Waals surface area contributed by atoms with Crippen LogP contribution >= 0.6 is 23.2 Å². The second kappa shape index (κ2) is 8.44. The van der Waals surface area contributed by atoms with Crippen LogP contribution in [0.2, 0.25) is 10.0 Å². The van der Waals surface area contributed by atoms with E-state index >= 15 is 0 Å². The summed E-state index contributed by atoms with van der Waals surface area (Å²) >= 11 is 11.9. The Balaban J connectivity index is 1.68. The fourth-order valence-electron chi connectivity index (χ4n) is 3.03. The molecule has 0 aliphatic carbocycles. The molecule has 4 aromatic rings. The van der Waals surface area contributed by atoms with Crippen LogP contribution in [0.4, 0.5) is 4.39 Å². The fraction of sp³-hybridized carbons (Fsp3) is 0.150. The molecule has 0 amide bonds. The molecule has 0 radical (unpaired) electrons. The smallest absolute Gasteiger partial charge is 0.267 e. The molecule has 0 saturated heterocycles. The summed E-state index contributed by atoms with van der Waals surface area (Å²) in [5, 5.41) is 12.8. The van der Waals surface area contributed by atoms with Crippen molar-refractivity contribution in [2.24, 2.45) is 7.05 Å². The molecule has 8 nitrogen and oxygen atoms in total. The van der Waals surface area contributed by atoms with Crippen molar-refractivity contribution in [2.45, 2.75) is 6.54 Å². The topological polar surface area (TPSA) is 87.7 Å². The molecule has 0 bridgehead atoms. The summed E-state index contributed by atoms with van der Waals surface area (Å²) in [7, 11) is 3.12. The van der Waals surface area contributed by atoms with Crippen molar-refractivity contribution in [3.63, 3.8) is 0 Å². The Morgan fingerprint density at radius 1 is 1.13 bits per heavy atom. The first kappa shape index (κ1) is 21.0. The minimum absolute atomic E-state index is 0.0433. The standard InChI is InChI=1S/C20H15Cl2FN6O2/c1-28-17(19(26-27-28)14-4-3-13(21)7-16(14)23)10-29-18(30)6-12(9-25-29)11-5-15(22)20(31-2)24-8-11/h3-9H,10H2,1-2H3. The molecule has 0 unspecified atom stereocenters. The van der Waals surface area contributed by atoms with Crippen LogP contribution < -0.4 is 10.3 Å². The summed E-state index contributed by atoms with van der Waals surface area (Å²) < 4.78 is 22.1. The fourth-order valence-corrected chi connectivity index (χ4v) is 3.43. The number of methoxy groups -OCH3 is 1. The molecule has 0 fully saturated rings. The minimum Gasteiger partial charge on any atom is -0.480 e. The zero-order valence-electron chi connectivity index (χ0n) is 16.4. The van der Waals surface area contributed by atoms with Crippen LogP contribution in [0.1, 0.15) is 5.69 Å². The zero-order chi connectivity index (χ0) is 22.1. The van der Waals surface area contributed by atoms with Crippen LogP contribution in [0.15, 0.2) is 47.5 Å². The molecule has 0 N–H and O–H groups in total. The molecular formula is C20H15Cl2FN6O2. The number of halogens is 3. The van der Waals surface area contributed by atoms with E-state index in [4.69, 9.17) is 27.9 Å². The van der Waals surface area contributed by atoms with Gasteiger partial charge in [0.25, 0.3) is 5.56 Å². The van der Waals surface area contributed by atoms with Crippen molar-refractivity contribution in [3.05, 3.63) is 74.6 Å². The predicted molar refractivity (Wildman–Crippen MR) is 114 cm³/mol. The monoisotopic (exact) mass is 460 g/mol. The van der Waals surface area contributed by atoms with Gasteiger partial charge >= 0.3 is 0 Å². The van der Waals surface area contributed by atoms with Crippen LogP contribution in [0.3, 0.4) is 0 Å². The Labute approximate surface area is 185 Å². The van der Waals surface area contributed by atoms with E-state index in [9.17, 15) is 9.18 Å². The molecule has 4 rings (SSSR count).